The molecule has 0 saturated carbocycles. The topological polar surface area (TPSA) is 67.9 Å². The first-order valence-electron chi connectivity index (χ1n) is 5.71. The fourth-order valence-electron chi connectivity index (χ4n) is 1.92. The first kappa shape index (κ1) is 11.1. The van der Waals surface area contributed by atoms with E-state index in [1.165, 1.54) is 0 Å². The second kappa shape index (κ2) is 5.12. The molecule has 2 N–H and O–H groups in total. The summed E-state index contributed by atoms with van der Waals surface area (Å²) in [6.07, 6.45) is 6.93. The molecule has 2 aliphatic rings. The van der Waals surface area contributed by atoms with Crippen molar-refractivity contribution in [2.45, 2.75) is 31.8 Å². The van der Waals surface area contributed by atoms with E-state index in [-0.39, 0.29) is 12.2 Å². The molecule has 2 rings (SSSR count). The Balaban J connectivity index is 1.94. The third kappa shape index (κ3) is 2.41. The van der Waals surface area contributed by atoms with Crippen molar-refractivity contribution in [3.8, 4) is 0 Å². The first-order chi connectivity index (χ1) is 7.81. The number of amidine groups is 1. The quantitative estimate of drug-likeness (QED) is 0.783. The summed E-state index contributed by atoms with van der Waals surface area (Å²) in [5, 5.41) is 0. The standard InChI is InChI=1S/C11H17N3O2/c12-6-3-4-9-8-14(11(15)16-9)10-5-1-2-7-13-10/h2,7,9H,1,3-6,8,12H2/t9-/m1/s1. The van der Waals surface area contributed by atoms with E-state index in [0.717, 1.165) is 31.5 Å². The Morgan fingerprint density at radius 2 is 2.50 bits per heavy atom. The van der Waals surface area contributed by atoms with Gasteiger partial charge >= 0.3 is 6.09 Å². The second-order valence-corrected chi connectivity index (χ2v) is 4.02. The summed E-state index contributed by atoms with van der Waals surface area (Å²) in [6.45, 7) is 1.25. The molecule has 0 aliphatic carbocycles. The van der Waals surface area contributed by atoms with Crippen LogP contribution in [-0.2, 0) is 4.74 Å². The molecule has 0 aromatic carbocycles. The highest BCUT2D eigenvalue weighted by atomic mass is 16.6. The molecule has 1 fully saturated rings. The molecular weight excluding hydrogens is 206 g/mol. The third-order valence-corrected chi connectivity index (χ3v) is 2.78. The lowest BCUT2D eigenvalue weighted by Gasteiger charge is -2.16. The molecule has 2 aliphatic heterocycles. The lowest BCUT2D eigenvalue weighted by molar-refractivity contribution is 0.131. The molecule has 0 spiro atoms. The number of carbonyl (C=O) groups excluding carboxylic acids is 1. The van der Waals surface area contributed by atoms with Crippen LogP contribution < -0.4 is 5.73 Å². The third-order valence-electron chi connectivity index (χ3n) is 2.78. The minimum atomic E-state index is -0.268. The van der Waals surface area contributed by atoms with Gasteiger partial charge < -0.3 is 10.5 Å². The smallest absolute Gasteiger partial charge is 0.415 e. The molecule has 2 heterocycles. The molecule has 0 unspecified atom stereocenters. The van der Waals surface area contributed by atoms with Crippen LogP contribution >= 0.6 is 0 Å². The van der Waals surface area contributed by atoms with Crippen LogP contribution in [0.15, 0.2) is 17.3 Å². The fourth-order valence-corrected chi connectivity index (χ4v) is 1.92. The van der Waals surface area contributed by atoms with Crippen molar-refractivity contribution in [2.24, 2.45) is 10.7 Å². The summed E-state index contributed by atoms with van der Waals surface area (Å²) < 4.78 is 5.26. The van der Waals surface area contributed by atoms with Crippen LogP contribution in [0.1, 0.15) is 25.7 Å². The van der Waals surface area contributed by atoms with Crippen molar-refractivity contribution < 1.29 is 9.53 Å². The Bertz CT molecular complexity index is 325. The number of allylic oxidation sites excluding steroid dienone is 1. The van der Waals surface area contributed by atoms with E-state index in [2.05, 4.69) is 4.99 Å². The van der Waals surface area contributed by atoms with Crippen molar-refractivity contribution in [3.05, 3.63) is 12.3 Å². The first-order valence-corrected chi connectivity index (χ1v) is 5.71. The molecule has 0 bridgehead atoms. The summed E-state index contributed by atoms with van der Waals surface area (Å²) in [4.78, 5) is 17.5. The van der Waals surface area contributed by atoms with Gasteiger partial charge in [-0.05, 0) is 25.8 Å². The number of aliphatic imine (C=N–C) groups is 1. The molecule has 0 radical (unpaired) electrons. The Kier molecular flexibility index (Phi) is 3.56. The highest BCUT2D eigenvalue weighted by molar-refractivity contribution is 5.97. The summed E-state index contributed by atoms with van der Waals surface area (Å²) in [7, 11) is 0. The predicted molar refractivity (Wildman–Crippen MR) is 61.1 cm³/mol. The minimum Gasteiger partial charge on any atom is -0.444 e. The number of amides is 1. The number of carbonyl (C=O) groups is 1. The van der Waals surface area contributed by atoms with E-state index in [0.29, 0.717) is 13.1 Å². The van der Waals surface area contributed by atoms with Crippen molar-refractivity contribution in [1.82, 2.24) is 4.90 Å². The molecule has 5 nitrogen and oxygen atoms in total. The Morgan fingerprint density at radius 1 is 1.62 bits per heavy atom. The maximum Gasteiger partial charge on any atom is 0.415 e. The zero-order chi connectivity index (χ0) is 11.4. The molecule has 5 heteroatoms. The summed E-state index contributed by atoms with van der Waals surface area (Å²) in [5.74, 6) is 0.822. The number of rotatable bonds is 3. The van der Waals surface area contributed by atoms with Gasteiger partial charge in [-0.15, -0.1) is 0 Å². The highest BCUT2D eigenvalue weighted by Gasteiger charge is 2.33. The zero-order valence-electron chi connectivity index (χ0n) is 9.26. The normalized spacial score (nSPS) is 24.6. The van der Waals surface area contributed by atoms with Crippen LogP contribution in [0.25, 0.3) is 0 Å². The van der Waals surface area contributed by atoms with Gasteiger partial charge in [0.15, 0.2) is 0 Å². The van der Waals surface area contributed by atoms with Crippen LogP contribution in [0.4, 0.5) is 4.79 Å². The maximum absolute atomic E-state index is 11.6. The highest BCUT2D eigenvalue weighted by Crippen LogP contribution is 2.19. The molecule has 1 saturated heterocycles. The molecule has 88 valence electrons. The Hall–Kier alpha value is -1.36. The predicted octanol–water partition coefficient (Wildman–Crippen LogP) is 1.25. The summed E-state index contributed by atoms with van der Waals surface area (Å²) in [6, 6.07) is 0. The van der Waals surface area contributed by atoms with Gasteiger partial charge in [0, 0.05) is 12.6 Å². The molecule has 0 aromatic heterocycles. The van der Waals surface area contributed by atoms with Crippen LogP contribution in [0.2, 0.25) is 0 Å². The van der Waals surface area contributed by atoms with E-state index in [4.69, 9.17) is 10.5 Å². The van der Waals surface area contributed by atoms with Crippen LogP contribution in [0.5, 0.6) is 0 Å². The second-order valence-electron chi connectivity index (χ2n) is 4.02. The van der Waals surface area contributed by atoms with E-state index in [1.807, 2.05) is 6.08 Å². The molecule has 0 aromatic rings. The lowest BCUT2D eigenvalue weighted by Crippen LogP contribution is -2.32. The average Bonchev–Trinajstić information content (AvgIpc) is 2.69. The Labute approximate surface area is 95.0 Å². The Morgan fingerprint density at radius 3 is 3.19 bits per heavy atom. The van der Waals surface area contributed by atoms with Gasteiger partial charge in [-0.25, -0.2) is 9.79 Å². The number of cyclic esters (lactones) is 1. The summed E-state index contributed by atoms with van der Waals surface area (Å²) in [5.41, 5.74) is 5.43. The number of nitrogens with zero attached hydrogens (tertiary/aromatic N) is 2. The van der Waals surface area contributed by atoms with E-state index < -0.39 is 0 Å². The van der Waals surface area contributed by atoms with E-state index in [9.17, 15) is 4.79 Å². The zero-order valence-corrected chi connectivity index (χ0v) is 9.26. The van der Waals surface area contributed by atoms with Crippen molar-refractivity contribution in [1.29, 1.82) is 0 Å². The van der Waals surface area contributed by atoms with Crippen LogP contribution in [0, 0.1) is 0 Å². The van der Waals surface area contributed by atoms with Crippen LogP contribution in [-0.4, -0.2) is 36.0 Å². The maximum atomic E-state index is 11.6. The molecule has 16 heavy (non-hydrogen) atoms. The minimum absolute atomic E-state index is 0.0235. The molecule has 1 amide bonds. The van der Waals surface area contributed by atoms with Crippen molar-refractivity contribution in [3.63, 3.8) is 0 Å². The van der Waals surface area contributed by atoms with Gasteiger partial charge in [-0.3, -0.25) is 4.90 Å². The number of hydrogen-bond donors (Lipinski definition) is 1. The van der Waals surface area contributed by atoms with Gasteiger partial charge in [-0.1, -0.05) is 6.08 Å². The average molecular weight is 223 g/mol. The van der Waals surface area contributed by atoms with Gasteiger partial charge in [0.25, 0.3) is 0 Å². The van der Waals surface area contributed by atoms with E-state index in [1.54, 1.807) is 11.1 Å². The van der Waals surface area contributed by atoms with Gasteiger partial charge in [0.1, 0.15) is 11.9 Å². The lowest BCUT2D eigenvalue weighted by atomic mass is 10.2. The van der Waals surface area contributed by atoms with Crippen molar-refractivity contribution >= 4 is 11.9 Å². The van der Waals surface area contributed by atoms with Crippen molar-refractivity contribution in [2.75, 3.05) is 13.1 Å². The van der Waals surface area contributed by atoms with Gasteiger partial charge in [-0.2, -0.15) is 0 Å². The fraction of sp³-hybridized carbons (Fsp3) is 0.636. The van der Waals surface area contributed by atoms with Gasteiger partial charge in [0.05, 0.1) is 6.54 Å². The number of nitrogens with two attached hydrogens (primary N) is 1. The van der Waals surface area contributed by atoms with Gasteiger partial charge in [0.2, 0.25) is 0 Å². The number of ether oxygens (including phenoxy) is 1. The van der Waals surface area contributed by atoms with E-state index >= 15 is 0 Å². The molecular formula is C11H17N3O2. The molecule has 1 atom stereocenters. The summed E-state index contributed by atoms with van der Waals surface area (Å²) >= 11 is 0. The van der Waals surface area contributed by atoms with Crippen LogP contribution in [0.3, 0.4) is 0 Å². The number of hydrogen-bond acceptors (Lipinski definition) is 4. The monoisotopic (exact) mass is 223 g/mol. The SMILES string of the molecule is NCCC[C@@H]1CN(C2=NC=CCC2)C(=O)O1. The largest absolute Gasteiger partial charge is 0.444 e.